The fourth-order valence-corrected chi connectivity index (χ4v) is 4.85. The average Bonchev–Trinajstić information content (AvgIpc) is 3.09. The number of fused-ring (bicyclic) bond motifs is 3. The molecule has 0 spiro atoms. The van der Waals surface area contributed by atoms with Gasteiger partial charge in [0.15, 0.2) is 0 Å². The van der Waals surface area contributed by atoms with Crippen LogP contribution in [0.25, 0.3) is 11.1 Å². The van der Waals surface area contributed by atoms with E-state index in [0.29, 0.717) is 12.2 Å². The molecule has 0 saturated carbocycles. The Balaban J connectivity index is 1.46. The molecule has 0 bridgehead atoms. The maximum atomic E-state index is 12.4. The molecule has 8 heteroatoms. The zero-order valence-corrected chi connectivity index (χ0v) is 20.5. The van der Waals surface area contributed by atoms with Crippen LogP contribution in [-0.4, -0.2) is 52.9 Å². The maximum absolute atomic E-state index is 12.4. The Morgan fingerprint density at radius 1 is 1.03 bits per heavy atom. The molecular weight excluding hydrogens is 454 g/mol. The standard InChI is InChI=1S/C26H31NO6S/c1-26(2,3)33-23(28)13-8-14-34-16-22(24(29)30)27-25(31)32-15-21-19-11-6-4-9-17(19)18-10-5-7-12-20(18)21/h4-7,9-12,21-22H,8,13-16H2,1-3H3,(H,27,31)(H,29,30). The van der Waals surface area contributed by atoms with Crippen molar-refractivity contribution in [3.05, 3.63) is 59.7 Å². The van der Waals surface area contributed by atoms with Crippen LogP contribution >= 0.6 is 11.8 Å². The molecule has 34 heavy (non-hydrogen) atoms. The Labute approximate surface area is 204 Å². The third-order valence-electron chi connectivity index (χ3n) is 5.31. The fraction of sp³-hybridized carbons (Fsp3) is 0.423. The molecule has 2 N–H and O–H groups in total. The molecule has 0 saturated heterocycles. The number of amides is 1. The molecule has 2 aromatic carbocycles. The van der Waals surface area contributed by atoms with Gasteiger partial charge in [0.05, 0.1) is 0 Å². The number of carboxylic acid groups (broad SMARTS) is 1. The van der Waals surface area contributed by atoms with Gasteiger partial charge in [-0.25, -0.2) is 9.59 Å². The molecule has 7 nitrogen and oxygen atoms in total. The number of carboxylic acids is 1. The molecule has 1 atom stereocenters. The molecule has 1 aliphatic rings. The number of hydrogen-bond donors (Lipinski definition) is 2. The minimum Gasteiger partial charge on any atom is -0.480 e. The molecule has 0 heterocycles. The van der Waals surface area contributed by atoms with Crippen molar-refractivity contribution in [1.29, 1.82) is 0 Å². The van der Waals surface area contributed by atoms with Crippen molar-refractivity contribution in [3.63, 3.8) is 0 Å². The van der Waals surface area contributed by atoms with Gasteiger partial charge in [-0.3, -0.25) is 4.79 Å². The van der Waals surface area contributed by atoms with Crippen LogP contribution in [0.5, 0.6) is 0 Å². The second-order valence-electron chi connectivity index (χ2n) is 9.13. The molecule has 0 radical (unpaired) electrons. The number of aliphatic carboxylic acids is 1. The van der Waals surface area contributed by atoms with Crippen LogP contribution in [0.4, 0.5) is 4.79 Å². The number of carbonyl (C=O) groups excluding carboxylic acids is 2. The topological polar surface area (TPSA) is 102 Å². The minimum atomic E-state index is -1.13. The van der Waals surface area contributed by atoms with Gasteiger partial charge in [0, 0.05) is 18.1 Å². The molecule has 2 aromatic rings. The number of carbonyl (C=O) groups is 3. The summed E-state index contributed by atoms with van der Waals surface area (Å²) in [6.45, 7) is 5.56. The molecule has 0 aliphatic heterocycles. The zero-order chi connectivity index (χ0) is 24.7. The Kier molecular flexibility index (Phi) is 8.61. The van der Waals surface area contributed by atoms with E-state index in [-0.39, 0.29) is 30.7 Å². The monoisotopic (exact) mass is 485 g/mol. The first kappa shape index (κ1) is 25.6. The summed E-state index contributed by atoms with van der Waals surface area (Å²) in [6, 6.07) is 14.9. The summed E-state index contributed by atoms with van der Waals surface area (Å²) in [7, 11) is 0. The molecule has 1 amide bonds. The molecule has 1 aliphatic carbocycles. The third-order valence-corrected chi connectivity index (χ3v) is 6.45. The van der Waals surface area contributed by atoms with Gasteiger partial charge in [0.1, 0.15) is 18.2 Å². The molecule has 1 unspecified atom stereocenters. The van der Waals surface area contributed by atoms with Gasteiger partial charge in [-0.2, -0.15) is 11.8 Å². The summed E-state index contributed by atoms with van der Waals surface area (Å²) in [4.78, 5) is 35.7. The second kappa shape index (κ2) is 11.4. The van der Waals surface area contributed by atoms with E-state index in [9.17, 15) is 19.5 Å². The lowest BCUT2D eigenvalue weighted by Crippen LogP contribution is -2.43. The van der Waals surface area contributed by atoms with E-state index < -0.39 is 23.7 Å². The normalized spacial score (nSPS) is 13.5. The number of thioether (sulfide) groups is 1. The van der Waals surface area contributed by atoms with Gasteiger partial charge in [-0.1, -0.05) is 48.5 Å². The highest BCUT2D eigenvalue weighted by Crippen LogP contribution is 2.44. The number of alkyl carbamates (subject to hydrolysis) is 1. The van der Waals surface area contributed by atoms with E-state index in [2.05, 4.69) is 17.4 Å². The van der Waals surface area contributed by atoms with Crippen LogP contribution in [0, 0.1) is 0 Å². The zero-order valence-electron chi connectivity index (χ0n) is 19.7. The van der Waals surface area contributed by atoms with Crippen molar-refractivity contribution >= 4 is 29.8 Å². The predicted octanol–water partition coefficient (Wildman–Crippen LogP) is 4.83. The summed E-state index contributed by atoms with van der Waals surface area (Å²) in [5.41, 5.74) is 3.90. The lowest BCUT2D eigenvalue weighted by Gasteiger charge is -2.19. The first-order chi connectivity index (χ1) is 16.2. The van der Waals surface area contributed by atoms with Crippen molar-refractivity contribution < 1.29 is 29.0 Å². The number of ether oxygens (including phenoxy) is 2. The number of hydrogen-bond acceptors (Lipinski definition) is 6. The summed E-state index contributed by atoms with van der Waals surface area (Å²) in [6.07, 6.45) is 0.0715. The van der Waals surface area contributed by atoms with Crippen molar-refractivity contribution in [2.45, 2.75) is 51.2 Å². The van der Waals surface area contributed by atoms with Gasteiger partial charge in [0.2, 0.25) is 0 Å². The summed E-state index contributed by atoms with van der Waals surface area (Å²) in [5, 5.41) is 11.9. The van der Waals surface area contributed by atoms with Gasteiger partial charge in [0.25, 0.3) is 0 Å². The molecule has 3 rings (SSSR count). The van der Waals surface area contributed by atoms with Gasteiger partial charge >= 0.3 is 18.0 Å². The van der Waals surface area contributed by atoms with Crippen molar-refractivity contribution in [2.24, 2.45) is 0 Å². The van der Waals surface area contributed by atoms with E-state index >= 15 is 0 Å². The number of nitrogens with one attached hydrogen (secondary N) is 1. The summed E-state index contributed by atoms with van der Waals surface area (Å²) in [5.74, 6) is -0.750. The number of esters is 1. The van der Waals surface area contributed by atoms with Gasteiger partial charge in [-0.15, -0.1) is 0 Å². The minimum absolute atomic E-state index is 0.0938. The molecule has 0 fully saturated rings. The van der Waals surface area contributed by atoms with Crippen LogP contribution < -0.4 is 5.32 Å². The highest BCUT2D eigenvalue weighted by molar-refractivity contribution is 7.99. The highest BCUT2D eigenvalue weighted by Gasteiger charge is 2.29. The lowest BCUT2D eigenvalue weighted by atomic mass is 9.98. The molecular formula is C26H31NO6S. The Morgan fingerprint density at radius 2 is 1.62 bits per heavy atom. The number of rotatable bonds is 10. The lowest BCUT2D eigenvalue weighted by molar-refractivity contribution is -0.154. The number of benzene rings is 2. The van der Waals surface area contributed by atoms with E-state index in [1.807, 2.05) is 57.2 Å². The Morgan fingerprint density at radius 3 is 2.18 bits per heavy atom. The van der Waals surface area contributed by atoms with E-state index in [1.165, 1.54) is 11.8 Å². The summed E-state index contributed by atoms with van der Waals surface area (Å²) < 4.78 is 10.7. The van der Waals surface area contributed by atoms with E-state index in [4.69, 9.17) is 9.47 Å². The van der Waals surface area contributed by atoms with Crippen LogP contribution in [0.3, 0.4) is 0 Å². The van der Waals surface area contributed by atoms with Crippen LogP contribution in [0.2, 0.25) is 0 Å². The maximum Gasteiger partial charge on any atom is 0.407 e. The fourth-order valence-electron chi connectivity index (χ4n) is 3.87. The molecule has 182 valence electrons. The third kappa shape index (κ3) is 7.00. The first-order valence-corrected chi connectivity index (χ1v) is 12.4. The first-order valence-electron chi connectivity index (χ1n) is 11.3. The van der Waals surface area contributed by atoms with Crippen molar-refractivity contribution in [2.75, 3.05) is 18.1 Å². The highest BCUT2D eigenvalue weighted by atomic mass is 32.2. The predicted molar refractivity (Wildman–Crippen MR) is 132 cm³/mol. The SMILES string of the molecule is CC(C)(C)OC(=O)CCCSCC(NC(=O)OCC1c2ccccc2-c2ccccc21)C(=O)O. The van der Waals surface area contributed by atoms with Crippen LogP contribution in [-0.2, 0) is 19.1 Å². The van der Waals surface area contributed by atoms with Crippen molar-refractivity contribution in [3.8, 4) is 11.1 Å². The van der Waals surface area contributed by atoms with E-state index in [0.717, 1.165) is 22.3 Å². The quantitative estimate of drug-likeness (QED) is 0.367. The largest absolute Gasteiger partial charge is 0.480 e. The van der Waals surface area contributed by atoms with Crippen LogP contribution in [0.1, 0.15) is 50.7 Å². The smallest absolute Gasteiger partial charge is 0.407 e. The average molecular weight is 486 g/mol. The second-order valence-corrected chi connectivity index (χ2v) is 10.3. The van der Waals surface area contributed by atoms with Crippen molar-refractivity contribution in [1.82, 2.24) is 5.32 Å². The Bertz CT molecular complexity index is 986. The van der Waals surface area contributed by atoms with Gasteiger partial charge < -0.3 is 19.9 Å². The van der Waals surface area contributed by atoms with E-state index in [1.54, 1.807) is 0 Å². The van der Waals surface area contributed by atoms with Gasteiger partial charge in [-0.05, 0) is 55.2 Å². The summed E-state index contributed by atoms with van der Waals surface area (Å²) >= 11 is 1.36. The van der Waals surface area contributed by atoms with Crippen LogP contribution in [0.15, 0.2) is 48.5 Å². The Hall–Kier alpha value is -3.00. The molecule has 0 aromatic heterocycles.